The zero-order valence-electron chi connectivity index (χ0n) is 11.4. The minimum absolute atomic E-state index is 0.0910. The molecule has 1 heterocycles. The fourth-order valence-electron chi connectivity index (χ4n) is 1.60. The first-order valence-corrected chi connectivity index (χ1v) is 8.26. The molecule has 0 spiro atoms. The summed E-state index contributed by atoms with van der Waals surface area (Å²) in [5.41, 5.74) is 0.831. The first kappa shape index (κ1) is 14.7. The van der Waals surface area contributed by atoms with Crippen molar-refractivity contribution in [2.24, 2.45) is 0 Å². The molecule has 6 nitrogen and oxygen atoms in total. The first-order valence-electron chi connectivity index (χ1n) is 5.96. The van der Waals surface area contributed by atoms with Gasteiger partial charge in [0.1, 0.15) is 15.7 Å². The van der Waals surface area contributed by atoms with E-state index >= 15 is 0 Å². The van der Waals surface area contributed by atoms with Crippen LogP contribution in [0, 0.1) is 6.92 Å². The second-order valence-electron chi connectivity index (χ2n) is 4.11. The molecule has 0 unspecified atom stereocenters. The van der Waals surface area contributed by atoms with E-state index in [0.29, 0.717) is 12.2 Å². The van der Waals surface area contributed by atoms with Crippen molar-refractivity contribution in [3.63, 3.8) is 0 Å². The molecule has 2 aromatic rings. The summed E-state index contributed by atoms with van der Waals surface area (Å²) in [7, 11) is -2.31. The van der Waals surface area contributed by atoms with Crippen molar-refractivity contribution in [2.45, 2.75) is 25.2 Å². The number of sulfonamides is 1. The normalized spacial score (nSPS) is 11.3. The number of anilines is 1. The van der Waals surface area contributed by atoms with Crippen LogP contribution in [0.4, 0.5) is 5.13 Å². The van der Waals surface area contributed by atoms with Crippen molar-refractivity contribution in [3.05, 3.63) is 28.8 Å². The zero-order chi connectivity index (χ0) is 14.8. The molecule has 8 heteroatoms. The van der Waals surface area contributed by atoms with Crippen molar-refractivity contribution in [2.75, 3.05) is 11.8 Å². The number of benzene rings is 1. The SMILES string of the molecule is CCc1nnc(NS(=O)(=O)c2cc(C)ccc2OC)s1. The minimum atomic E-state index is -3.74. The number of methoxy groups -OCH3 is 1. The third kappa shape index (κ3) is 3.07. The molecule has 0 amide bonds. The van der Waals surface area contributed by atoms with E-state index in [9.17, 15) is 8.42 Å². The van der Waals surface area contributed by atoms with Crippen LogP contribution in [0.3, 0.4) is 0 Å². The van der Waals surface area contributed by atoms with Gasteiger partial charge < -0.3 is 4.74 Å². The van der Waals surface area contributed by atoms with E-state index in [1.54, 1.807) is 18.2 Å². The molecule has 1 aromatic carbocycles. The van der Waals surface area contributed by atoms with Gasteiger partial charge in [-0.25, -0.2) is 8.42 Å². The molecule has 0 atom stereocenters. The summed E-state index contributed by atoms with van der Waals surface area (Å²) in [5.74, 6) is 0.295. The van der Waals surface area contributed by atoms with Crippen molar-refractivity contribution < 1.29 is 13.2 Å². The van der Waals surface area contributed by atoms with Gasteiger partial charge >= 0.3 is 0 Å². The fourth-order valence-corrected chi connectivity index (χ4v) is 3.77. The number of hydrogen-bond acceptors (Lipinski definition) is 6. The number of ether oxygens (including phenoxy) is 1. The maximum atomic E-state index is 12.4. The number of nitrogens with zero attached hydrogens (tertiary/aromatic N) is 2. The minimum Gasteiger partial charge on any atom is -0.495 e. The summed E-state index contributed by atoms with van der Waals surface area (Å²) in [6.45, 7) is 3.75. The van der Waals surface area contributed by atoms with Gasteiger partial charge in [0, 0.05) is 0 Å². The van der Waals surface area contributed by atoms with E-state index < -0.39 is 10.0 Å². The van der Waals surface area contributed by atoms with Crippen LogP contribution < -0.4 is 9.46 Å². The lowest BCUT2D eigenvalue weighted by molar-refractivity contribution is 0.402. The Labute approximate surface area is 121 Å². The van der Waals surface area contributed by atoms with Gasteiger partial charge in [0.05, 0.1) is 7.11 Å². The van der Waals surface area contributed by atoms with Crippen molar-refractivity contribution >= 4 is 26.5 Å². The van der Waals surface area contributed by atoms with E-state index in [-0.39, 0.29) is 10.0 Å². The lowest BCUT2D eigenvalue weighted by Gasteiger charge is -2.10. The van der Waals surface area contributed by atoms with Crippen LogP contribution >= 0.6 is 11.3 Å². The van der Waals surface area contributed by atoms with Crippen LogP contribution in [0.2, 0.25) is 0 Å². The predicted octanol–water partition coefficient (Wildman–Crippen LogP) is 2.22. The first-order chi connectivity index (χ1) is 9.46. The maximum absolute atomic E-state index is 12.4. The second kappa shape index (κ2) is 5.76. The molecule has 2 rings (SSSR count). The lowest BCUT2D eigenvalue weighted by Crippen LogP contribution is -2.14. The van der Waals surface area contributed by atoms with Gasteiger partial charge in [-0.1, -0.05) is 24.3 Å². The van der Waals surface area contributed by atoms with Gasteiger partial charge in [0.2, 0.25) is 5.13 Å². The van der Waals surface area contributed by atoms with Crippen LogP contribution in [0.5, 0.6) is 5.75 Å². The zero-order valence-corrected chi connectivity index (χ0v) is 13.0. The van der Waals surface area contributed by atoms with Crippen molar-refractivity contribution in [1.29, 1.82) is 0 Å². The molecule has 20 heavy (non-hydrogen) atoms. The summed E-state index contributed by atoms with van der Waals surface area (Å²) in [6.07, 6.45) is 0.715. The van der Waals surface area contributed by atoms with Crippen LogP contribution in [0.1, 0.15) is 17.5 Å². The highest BCUT2D eigenvalue weighted by atomic mass is 32.2. The summed E-state index contributed by atoms with van der Waals surface area (Å²) in [5, 5.41) is 8.73. The maximum Gasteiger partial charge on any atom is 0.267 e. The molecule has 0 radical (unpaired) electrons. The van der Waals surface area contributed by atoms with E-state index in [0.717, 1.165) is 10.6 Å². The van der Waals surface area contributed by atoms with Crippen molar-refractivity contribution in [3.8, 4) is 5.75 Å². The van der Waals surface area contributed by atoms with Crippen LogP contribution in [-0.4, -0.2) is 25.7 Å². The Morgan fingerprint density at radius 2 is 2.10 bits per heavy atom. The highest BCUT2D eigenvalue weighted by Crippen LogP contribution is 2.27. The second-order valence-corrected chi connectivity index (χ2v) is 6.83. The Morgan fingerprint density at radius 1 is 1.35 bits per heavy atom. The number of rotatable bonds is 5. The van der Waals surface area contributed by atoms with Gasteiger partial charge in [-0.15, -0.1) is 10.2 Å². The van der Waals surface area contributed by atoms with E-state index in [1.807, 2.05) is 13.8 Å². The van der Waals surface area contributed by atoms with Gasteiger partial charge in [-0.2, -0.15) is 0 Å². The largest absolute Gasteiger partial charge is 0.495 e. The molecule has 1 N–H and O–H groups in total. The Morgan fingerprint density at radius 3 is 2.70 bits per heavy atom. The molecule has 0 fully saturated rings. The van der Waals surface area contributed by atoms with Crippen LogP contribution in [0.25, 0.3) is 0 Å². The Balaban J connectivity index is 2.37. The van der Waals surface area contributed by atoms with Gasteiger partial charge in [0.15, 0.2) is 0 Å². The molecular weight excluding hydrogens is 298 g/mol. The summed E-state index contributed by atoms with van der Waals surface area (Å²) in [6, 6.07) is 4.97. The highest BCUT2D eigenvalue weighted by molar-refractivity contribution is 7.93. The van der Waals surface area contributed by atoms with Gasteiger partial charge in [-0.3, -0.25) is 4.72 Å². The lowest BCUT2D eigenvalue weighted by atomic mass is 10.2. The summed E-state index contributed by atoms with van der Waals surface area (Å²) in [4.78, 5) is 0.0910. The van der Waals surface area contributed by atoms with Crippen molar-refractivity contribution in [1.82, 2.24) is 10.2 Å². The third-order valence-corrected chi connectivity index (χ3v) is 5.07. The summed E-state index contributed by atoms with van der Waals surface area (Å²) >= 11 is 1.22. The third-order valence-electron chi connectivity index (χ3n) is 2.60. The van der Waals surface area contributed by atoms with E-state index in [4.69, 9.17) is 4.74 Å². The topological polar surface area (TPSA) is 81.2 Å². The molecule has 0 bridgehead atoms. The smallest absolute Gasteiger partial charge is 0.267 e. The molecule has 1 aromatic heterocycles. The monoisotopic (exact) mass is 313 g/mol. The molecule has 108 valence electrons. The number of hydrogen-bond donors (Lipinski definition) is 1. The molecular formula is C12H15N3O3S2. The molecule has 0 saturated carbocycles. The van der Waals surface area contributed by atoms with Gasteiger partial charge in [-0.05, 0) is 31.0 Å². The number of aryl methyl sites for hydroxylation is 2. The van der Waals surface area contributed by atoms with Crippen LogP contribution in [-0.2, 0) is 16.4 Å². The average molecular weight is 313 g/mol. The molecule has 0 aliphatic carbocycles. The predicted molar refractivity (Wildman–Crippen MR) is 77.8 cm³/mol. The average Bonchev–Trinajstić information content (AvgIpc) is 2.85. The number of nitrogens with one attached hydrogen (secondary N) is 1. The Hall–Kier alpha value is -1.67. The van der Waals surface area contributed by atoms with E-state index in [1.165, 1.54) is 18.4 Å². The number of aromatic nitrogens is 2. The quantitative estimate of drug-likeness (QED) is 0.915. The van der Waals surface area contributed by atoms with E-state index in [2.05, 4.69) is 14.9 Å². The highest BCUT2D eigenvalue weighted by Gasteiger charge is 2.21. The molecule has 0 aliphatic heterocycles. The fraction of sp³-hybridized carbons (Fsp3) is 0.333. The summed E-state index contributed by atoms with van der Waals surface area (Å²) < 4.78 is 32.3. The molecule has 0 aliphatic rings. The van der Waals surface area contributed by atoms with Gasteiger partial charge in [0.25, 0.3) is 10.0 Å². The Bertz CT molecular complexity index is 710. The molecule has 0 saturated heterocycles. The Kier molecular flexibility index (Phi) is 4.24. The van der Waals surface area contributed by atoms with Crippen LogP contribution in [0.15, 0.2) is 23.1 Å². The standard InChI is InChI=1S/C12H15N3O3S2/c1-4-11-13-14-12(19-11)15-20(16,17)10-7-8(2)5-6-9(10)18-3/h5-7H,4H2,1-3H3,(H,14,15).